The van der Waals surface area contributed by atoms with Crippen LogP contribution in [0.3, 0.4) is 0 Å². The van der Waals surface area contributed by atoms with Crippen LogP contribution in [-0.4, -0.2) is 41.1 Å². The van der Waals surface area contributed by atoms with E-state index < -0.39 is 0 Å². The molecule has 0 aliphatic rings. The Morgan fingerprint density at radius 3 is 2.77 bits per heavy atom. The van der Waals surface area contributed by atoms with Crippen molar-refractivity contribution in [1.29, 1.82) is 0 Å². The minimum absolute atomic E-state index is 0.185. The van der Waals surface area contributed by atoms with E-state index in [0.717, 1.165) is 12.0 Å². The molecule has 0 saturated carbocycles. The molecule has 116 valence electrons. The lowest BCUT2D eigenvalue weighted by atomic mass is 10.3. The number of anilines is 1. The van der Waals surface area contributed by atoms with Crippen LogP contribution in [0.5, 0.6) is 0 Å². The van der Waals surface area contributed by atoms with Crippen molar-refractivity contribution in [3.8, 4) is 0 Å². The lowest BCUT2D eigenvalue weighted by Gasteiger charge is -2.06. The smallest absolute Gasteiger partial charge is 0.254 e. The molecule has 0 spiro atoms. The Balaban J connectivity index is 1.81. The second-order valence-electron chi connectivity index (χ2n) is 4.61. The molecule has 0 fully saturated rings. The van der Waals surface area contributed by atoms with Crippen LogP contribution >= 0.6 is 0 Å². The second kappa shape index (κ2) is 8.68. The van der Waals surface area contributed by atoms with E-state index in [9.17, 15) is 4.79 Å². The first-order valence-electron chi connectivity index (χ1n) is 7.01. The number of hydrogen-bond acceptors (Lipinski definition) is 6. The van der Waals surface area contributed by atoms with Crippen LogP contribution in [0.1, 0.15) is 22.3 Å². The van der Waals surface area contributed by atoms with Crippen molar-refractivity contribution in [3.05, 3.63) is 48.0 Å². The number of amides is 1. The van der Waals surface area contributed by atoms with E-state index in [1.165, 1.54) is 12.4 Å². The summed E-state index contributed by atoms with van der Waals surface area (Å²) in [5.74, 6) is 0.287. The topological polar surface area (TPSA) is 89.0 Å². The van der Waals surface area contributed by atoms with E-state index in [4.69, 9.17) is 4.74 Å². The van der Waals surface area contributed by atoms with E-state index in [2.05, 4.69) is 25.6 Å². The van der Waals surface area contributed by atoms with Gasteiger partial charge in [-0.05, 0) is 18.1 Å². The molecule has 2 rings (SSSR count). The van der Waals surface area contributed by atoms with Gasteiger partial charge in [0.05, 0.1) is 5.56 Å². The number of methoxy groups -OCH3 is 1. The molecule has 2 heterocycles. The highest BCUT2D eigenvalue weighted by molar-refractivity contribution is 5.93. The third kappa shape index (κ3) is 5.10. The summed E-state index contributed by atoms with van der Waals surface area (Å²) in [6, 6.07) is 3.83. The van der Waals surface area contributed by atoms with Gasteiger partial charge in [0.1, 0.15) is 0 Å². The number of hydrogen-bond donors (Lipinski definition) is 2. The molecule has 2 aromatic heterocycles. The normalized spacial score (nSPS) is 10.2. The van der Waals surface area contributed by atoms with Gasteiger partial charge in [-0.1, -0.05) is 6.07 Å². The Labute approximate surface area is 129 Å². The molecule has 0 atom stereocenters. The van der Waals surface area contributed by atoms with Gasteiger partial charge in [0, 0.05) is 51.6 Å². The third-order valence-corrected chi connectivity index (χ3v) is 2.90. The highest BCUT2D eigenvalue weighted by atomic mass is 16.5. The number of pyridine rings is 1. The van der Waals surface area contributed by atoms with E-state index in [1.807, 2.05) is 12.1 Å². The van der Waals surface area contributed by atoms with Crippen molar-refractivity contribution in [3.63, 3.8) is 0 Å². The molecule has 22 heavy (non-hydrogen) atoms. The molecule has 0 radical (unpaired) electrons. The number of rotatable bonds is 8. The van der Waals surface area contributed by atoms with E-state index in [0.29, 0.717) is 31.2 Å². The van der Waals surface area contributed by atoms with Crippen molar-refractivity contribution in [2.24, 2.45) is 0 Å². The molecular weight excluding hydrogens is 282 g/mol. The van der Waals surface area contributed by atoms with Gasteiger partial charge in [-0.25, -0.2) is 9.97 Å². The highest BCUT2D eigenvalue weighted by Crippen LogP contribution is 2.03. The predicted molar refractivity (Wildman–Crippen MR) is 82.4 cm³/mol. The first kappa shape index (κ1) is 15.8. The standard InChI is InChI=1S/C15H19N5O2/c1-22-7-3-6-17-14(21)13-10-19-15(20-11-13)18-9-12-4-2-5-16-8-12/h2,4-5,8,10-11H,3,6-7,9H2,1H3,(H,17,21)(H,18,19,20). The largest absolute Gasteiger partial charge is 0.385 e. The summed E-state index contributed by atoms with van der Waals surface area (Å²) in [6.07, 6.45) is 7.27. The summed E-state index contributed by atoms with van der Waals surface area (Å²) >= 11 is 0. The number of ether oxygens (including phenoxy) is 1. The SMILES string of the molecule is COCCCNC(=O)c1cnc(NCc2cccnc2)nc1. The van der Waals surface area contributed by atoms with Crippen LogP contribution in [0.15, 0.2) is 36.9 Å². The molecule has 7 heteroatoms. The fraction of sp³-hybridized carbons (Fsp3) is 0.333. The van der Waals surface area contributed by atoms with Gasteiger partial charge in [-0.15, -0.1) is 0 Å². The van der Waals surface area contributed by atoms with Gasteiger partial charge in [0.15, 0.2) is 0 Å². The number of nitrogens with zero attached hydrogens (tertiary/aromatic N) is 3. The molecule has 0 bridgehead atoms. The molecule has 0 aliphatic carbocycles. The zero-order valence-corrected chi connectivity index (χ0v) is 12.5. The summed E-state index contributed by atoms with van der Waals surface area (Å²) < 4.78 is 4.92. The first-order valence-corrected chi connectivity index (χ1v) is 7.01. The summed E-state index contributed by atoms with van der Waals surface area (Å²) in [7, 11) is 1.63. The second-order valence-corrected chi connectivity index (χ2v) is 4.61. The molecule has 1 amide bonds. The predicted octanol–water partition coefficient (Wildman–Crippen LogP) is 1.25. The Bertz CT molecular complexity index is 574. The van der Waals surface area contributed by atoms with Crippen LogP contribution in [0.4, 0.5) is 5.95 Å². The monoisotopic (exact) mass is 301 g/mol. The van der Waals surface area contributed by atoms with Gasteiger partial charge in [-0.2, -0.15) is 0 Å². The summed E-state index contributed by atoms with van der Waals surface area (Å²) in [4.78, 5) is 24.1. The van der Waals surface area contributed by atoms with Gasteiger partial charge >= 0.3 is 0 Å². The van der Waals surface area contributed by atoms with E-state index >= 15 is 0 Å². The minimum atomic E-state index is -0.185. The fourth-order valence-corrected chi connectivity index (χ4v) is 1.74. The number of carbonyl (C=O) groups is 1. The zero-order chi connectivity index (χ0) is 15.6. The van der Waals surface area contributed by atoms with E-state index in [1.54, 1.807) is 19.5 Å². The maximum atomic E-state index is 11.8. The quantitative estimate of drug-likeness (QED) is 0.713. The van der Waals surface area contributed by atoms with Crippen LogP contribution in [0.25, 0.3) is 0 Å². The van der Waals surface area contributed by atoms with Crippen molar-refractivity contribution in [1.82, 2.24) is 20.3 Å². The maximum Gasteiger partial charge on any atom is 0.254 e. The van der Waals surface area contributed by atoms with Gasteiger partial charge < -0.3 is 15.4 Å². The Morgan fingerprint density at radius 2 is 2.09 bits per heavy atom. The highest BCUT2D eigenvalue weighted by Gasteiger charge is 2.06. The fourth-order valence-electron chi connectivity index (χ4n) is 1.74. The van der Waals surface area contributed by atoms with Crippen LogP contribution in [0.2, 0.25) is 0 Å². The Morgan fingerprint density at radius 1 is 1.27 bits per heavy atom. The maximum absolute atomic E-state index is 11.8. The average molecular weight is 301 g/mol. The number of aromatic nitrogens is 3. The van der Waals surface area contributed by atoms with Gasteiger partial charge in [-0.3, -0.25) is 9.78 Å². The lowest BCUT2D eigenvalue weighted by Crippen LogP contribution is -2.25. The third-order valence-electron chi connectivity index (χ3n) is 2.90. The molecular formula is C15H19N5O2. The van der Waals surface area contributed by atoms with Crippen LogP contribution < -0.4 is 10.6 Å². The molecule has 0 unspecified atom stereocenters. The molecule has 7 nitrogen and oxygen atoms in total. The number of nitrogens with one attached hydrogen (secondary N) is 2. The average Bonchev–Trinajstić information content (AvgIpc) is 2.58. The van der Waals surface area contributed by atoms with Crippen molar-refractivity contribution >= 4 is 11.9 Å². The van der Waals surface area contributed by atoms with Crippen molar-refractivity contribution in [2.75, 3.05) is 25.6 Å². The Hall–Kier alpha value is -2.54. The molecule has 0 aliphatic heterocycles. The molecule has 0 aromatic carbocycles. The molecule has 0 saturated heterocycles. The van der Waals surface area contributed by atoms with Crippen LogP contribution in [0, 0.1) is 0 Å². The summed E-state index contributed by atoms with van der Waals surface area (Å²) in [5, 5.41) is 5.86. The first-order chi connectivity index (χ1) is 10.8. The molecule has 2 N–H and O–H groups in total. The van der Waals surface area contributed by atoms with Crippen LogP contribution in [-0.2, 0) is 11.3 Å². The van der Waals surface area contributed by atoms with Gasteiger partial charge in [0.25, 0.3) is 5.91 Å². The van der Waals surface area contributed by atoms with Crippen molar-refractivity contribution in [2.45, 2.75) is 13.0 Å². The summed E-state index contributed by atoms with van der Waals surface area (Å²) in [5.41, 5.74) is 1.47. The zero-order valence-electron chi connectivity index (χ0n) is 12.5. The Kier molecular flexibility index (Phi) is 6.25. The van der Waals surface area contributed by atoms with E-state index in [-0.39, 0.29) is 5.91 Å². The van der Waals surface area contributed by atoms with Gasteiger partial charge in [0.2, 0.25) is 5.95 Å². The number of carbonyl (C=O) groups excluding carboxylic acids is 1. The minimum Gasteiger partial charge on any atom is -0.385 e. The van der Waals surface area contributed by atoms with Crippen molar-refractivity contribution < 1.29 is 9.53 Å². The lowest BCUT2D eigenvalue weighted by molar-refractivity contribution is 0.0948. The molecule has 2 aromatic rings. The summed E-state index contributed by atoms with van der Waals surface area (Å²) in [6.45, 7) is 1.76.